The lowest BCUT2D eigenvalue weighted by atomic mass is 9.92. The van der Waals surface area contributed by atoms with Crippen LogP contribution >= 0.6 is 0 Å². The predicted molar refractivity (Wildman–Crippen MR) is 133 cm³/mol. The molecule has 7 nitrogen and oxygen atoms in total. The van der Waals surface area contributed by atoms with Gasteiger partial charge < -0.3 is 25.0 Å². The van der Waals surface area contributed by atoms with Crippen molar-refractivity contribution in [1.29, 1.82) is 0 Å². The topological polar surface area (TPSA) is 61.4 Å². The Hall–Kier alpha value is -1.83. The van der Waals surface area contributed by atoms with Crippen molar-refractivity contribution in [3.05, 3.63) is 29.8 Å². The first-order chi connectivity index (χ1) is 15.7. The summed E-state index contributed by atoms with van der Waals surface area (Å²) in [5.41, 5.74) is 2.49. The zero-order valence-corrected chi connectivity index (χ0v) is 20.3. The average molecular weight is 446 g/mol. The van der Waals surface area contributed by atoms with Gasteiger partial charge in [0, 0.05) is 51.0 Å². The maximum atomic E-state index is 5.59. The molecule has 2 fully saturated rings. The molecule has 2 aliphatic rings. The summed E-state index contributed by atoms with van der Waals surface area (Å²) in [6.07, 6.45) is 2.40. The fraction of sp³-hybridized carbons (Fsp3) is 0.720. The monoisotopic (exact) mass is 445 g/mol. The number of ether oxygens (including phenoxy) is 2. The molecule has 2 heterocycles. The standard InChI is InChI=1S/C25H43N5O2/c1-4-22(5-2)24(30-13-17-32-18-14-30)20-28-25(26-6-3)27-19-21-7-9-23(10-8-21)29-11-15-31-16-12-29/h7-10,22,24H,4-6,11-20H2,1-3H3,(H2,26,27,28). The van der Waals surface area contributed by atoms with E-state index in [1.807, 2.05) is 0 Å². The number of nitrogens with zero attached hydrogens (tertiary/aromatic N) is 3. The number of morpholine rings is 2. The molecule has 0 amide bonds. The maximum absolute atomic E-state index is 5.59. The maximum Gasteiger partial charge on any atom is 0.191 e. The number of nitrogens with one attached hydrogen (secondary N) is 2. The Bertz CT molecular complexity index is 665. The lowest BCUT2D eigenvalue weighted by Crippen LogP contribution is -2.53. The van der Waals surface area contributed by atoms with Gasteiger partial charge in [0.25, 0.3) is 0 Å². The van der Waals surface area contributed by atoms with Crippen LogP contribution in [0.5, 0.6) is 0 Å². The number of guanidine groups is 1. The first-order valence-electron chi connectivity index (χ1n) is 12.5. The summed E-state index contributed by atoms with van der Waals surface area (Å²) < 4.78 is 11.0. The molecule has 180 valence electrons. The van der Waals surface area contributed by atoms with Gasteiger partial charge in [0.15, 0.2) is 5.96 Å². The van der Waals surface area contributed by atoms with Gasteiger partial charge in [-0.15, -0.1) is 0 Å². The fourth-order valence-corrected chi connectivity index (χ4v) is 4.68. The molecule has 7 heteroatoms. The van der Waals surface area contributed by atoms with Crippen LogP contribution in [0.15, 0.2) is 29.3 Å². The summed E-state index contributed by atoms with van der Waals surface area (Å²) in [5, 5.41) is 7.06. The number of anilines is 1. The Morgan fingerprint density at radius 1 is 0.906 bits per heavy atom. The van der Waals surface area contributed by atoms with Crippen molar-refractivity contribution in [2.75, 3.05) is 70.6 Å². The van der Waals surface area contributed by atoms with Crippen LogP contribution in [0, 0.1) is 5.92 Å². The second kappa shape index (κ2) is 13.7. The van der Waals surface area contributed by atoms with Gasteiger partial charge in [-0.25, -0.2) is 4.99 Å². The zero-order valence-electron chi connectivity index (χ0n) is 20.3. The van der Waals surface area contributed by atoms with E-state index in [0.29, 0.717) is 18.5 Å². The number of benzene rings is 1. The number of hydrogen-bond acceptors (Lipinski definition) is 5. The normalized spacial score (nSPS) is 19.2. The van der Waals surface area contributed by atoms with E-state index in [1.165, 1.54) is 24.1 Å². The van der Waals surface area contributed by atoms with Crippen LogP contribution in [0.1, 0.15) is 39.2 Å². The SMILES string of the molecule is CCNC(=NCc1ccc(N2CCOCC2)cc1)NCC(C(CC)CC)N1CCOCC1. The zero-order chi connectivity index (χ0) is 22.6. The fourth-order valence-electron chi connectivity index (χ4n) is 4.68. The lowest BCUT2D eigenvalue weighted by molar-refractivity contribution is 0.00272. The molecular weight excluding hydrogens is 402 g/mol. The highest BCUT2D eigenvalue weighted by Crippen LogP contribution is 2.20. The molecule has 2 N–H and O–H groups in total. The summed E-state index contributed by atoms with van der Waals surface area (Å²) in [5.74, 6) is 1.57. The molecule has 1 atom stereocenters. The molecule has 0 spiro atoms. The van der Waals surface area contributed by atoms with E-state index in [4.69, 9.17) is 14.5 Å². The molecule has 0 aromatic heterocycles. The summed E-state index contributed by atoms with van der Waals surface area (Å²) in [7, 11) is 0. The molecule has 0 saturated carbocycles. The summed E-state index contributed by atoms with van der Waals surface area (Å²) in [4.78, 5) is 9.85. The second-order valence-corrected chi connectivity index (χ2v) is 8.63. The third-order valence-electron chi connectivity index (χ3n) is 6.66. The Morgan fingerprint density at radius 2 is 1.53 bits per heavy atom. The minimum Gasteiger partial charge on any atom is -0.379 e. The molecule has 3 rings (SSSR count). The van der Waals surface area contributed by atoms with E-state index in [0.717, 1.165) is 71.7 Å². The van der Waals surface area contributed by atoms with Crippen LogP contribution in [0.25, 0.3) is 0 Å². The molecule has 0 bridgehead atoms. The summed E-state index contributed by atoms with van der Waals surface area (Å²) >= 11 is 0. The molecular formula is C25H43N5O2. The lowest BCUT2D eigenvalue weighted by Gasteiger charge is -2.39. The van der Waals surface area contributed by atoms with Crippen molar-refractivity contribution < 1.29 is 9.47 Å². The molecule has 32 heavy (non-hydrogen) atoms. The van der Waals surface area contributed by atoms with Crippen molar-refractivity contribution in [2.45, 2.75) is 46.2 Å². The average Bonchev–Trinajstić information content (AvgIpc) is 2.86. The van der Waals surface area contributed by atoms with Gasteiger partial charge in [0.05, 0.1) is 33.0 Å². The Labute approximate surface area is 194 Å². The molecule has 2 aliphatic heterocycles. The van der Waals surface area contributed by atoms with Crippen molar-refractivity contribution in [2.24, 2.45) is 10.9 Å². The minimum atomic E-state index is 0.505. The van der Waals surface area contributed by atoms with E-state index >= 15 is 0 Å². The van der Waals surface area contributed by atoms with E-state index in [9.17, 15) is 0 Å². The van der Waals surface area contributed by atoms with Crippen LogP contribution in [-0.2, 0) is 16.0 Å². The van der Waals surface area contributed by atoms with E-state index < -0.39 is 0 Å². The van der Waals surface area contributed by atoms with Crippen LogP contribution in [-0.4, -0.2) is 82.6 Å². The largest absolute Gasteiger partial charge is 0.379 e. The first kappa shape index (κ1) is 24.8. The van der Waals surface area contributed by atoms with Crippen molar-refractivity contribution in [3.63, 3.8) is 0 Å². The molecule has 1 unspecified atom stereocenters. The smallest absolute Gasteiger partial charge is 0.191 e. The highest BCUT2D eigenvalue weighted by Gasteiger charge is 2.27. The summed E-state index contributed by atoms with van der Waals surface area (Å²) in [6, 6.07) is 9.30. The van der Waals surface area contributed by atoms with E-state index in [1.54, 1.807) is 0 Å². The third-order valence-corrected chi connectivity index (χ3v) is 6.66. The number of rotatable bonds is 10. The third kappa shape index (κ3) is 7.36. The van der Waals surface area contributed by atoms with Crippen LogP contribution in [0.4, 0.5) is 5.69 Å². The number of aliphatic imine (C=N–C) groups is 1. The van der Waals surface area contributed by atoms with E-state index in [2.05, 4.69) is 65.5 Å². The van der Waals surface area contributed by atoms with Gasteiger partial charge in [-0.1, -0.05) is 38.8 Å². The van der Waals surface area contributed by atoms with Crippen LogP contribution in [0.3, 0.4) is 0 Å². The quantitative estimate of drug-likeness (QED) is 0.427. The number of hydrogen-bond donors (Lipinski definition) is 2. The van der Waals surface area contributed by atoms with Gasteiger partial charge in [-0.05, 0) is 30.5 Å². The van der Waals surface area contributed by atoms with Gasteiger partial charge in [-0.2, -0.15) is 0 Å². The molecule has 2 saturated heterocycles. The molecule has 0 aliphatic carbocycles. The van der Waals surface area contributed by atoms with Gasteiger partial charge in [-0.3, -0.25) is 4.90 Å². The van der Waals surface area contributed by atoms with E-state index in [-0.39, 0.29) is 0 Å². The Kier molecular flexibility index (Phi) is 10.6. The molecule has 1 aromatic carbocycles. The van der Waals surface area contributed by atoms with Crippen molar-refractivity contribution >= 4 is 11.6 Å². The highest BCUT2D eigenvalue weighted by molar-refractivity contribution is 5.79. The first-order valence-corrected chi connectivity index (χ1v) is 12.5. The predicted octanol–water partition coefficient (Wildman–Crippen LogP) is 2.72. The van der Waals surface area contributed by atoms with Crippen LogP contribution in [0.2, 0.25) is 0 Å². The Morgan fingerprint density at radius 3 is 2.12 bits per heavy atom. The highest BCUT2D eigenvalue weighted by atomic mass is 16.5. The van der Waals surface area contributed by atoms with Crippen molar-refractivity contribution in [3.8, 4) is 0 Å². The molecule has 0 radical (unpaired) electrons. The van der Waals surface area contributed by atoms with Gasteiger partial charge >= 0.3 is 0 Å². The minimum absolute atomic E-state index is 0.505. The Balaban J connectivity index is 1.59. The summed E-state index contributed by atoms with van der Waals surface area (Å²) in [6.45, 7) is 16.4. The van der Waals surface area contributed by atoms with Crippen LogP contribution < -0.4 is 15.5 Å². The van der Waals surface area contributed by atoms with Gasteiger partial charge in [0.2, 0.25) is 0 Å². The van der Waals surface area contributed by atoms with Crippen molar-refractivity contribution in [1.82, 2.24) is 15.5 Å². The molecule has 1 aromatic rings. The second-order valence-electron chi connectivity index (χ2n) is 8.63. The van der Waals surface area contributed by atoms with Gasteiger partial charge in [0.1, 0.15) is 0 Å².